The third-order valence-corrected chi connectivity index (χ3v) is 4.86. The van der Waals surface area contributed by atoms with Crippen LogP contribution in [0.25, 0.3) is 0 Å². The molecule has 0 bridgehead atoms. The summed E-state index contributed by atoms with van der Waals surface area (Å²) in [5.41, 5.74) is 4.39. The highest BCUT2D eigenvalue weighted by Gasteiger charge is 2.12. The van der Waals surface area contributed by atoms with Crippen molar-refractivity contribution in [2.24, 2.45) is 0 Å². The van der Waals surface area contributed by atoms with Gasteiger partial charge in [0.2, 0.25) is 0 Å². The van der Waals surface area contributed by atoms with Crippen LogP contribution in [0, 0.1) is 11.3 Å². The lowest BCUT2D eigenvalue weighted by Crippen LogP contribution is -2.26. The fourth-order valence-corrected chi connectivity index (χ4v) is 3.41. The molecule has 0 aliphatic heterocycles. The standard InChI is InChI=1S/C24H27N3O/c1-28-16-8-14-26(19-23-12-6-5-11-22(23)17-25)20-24-13-7-15-27(24)18-21-9-3-2-4-10-21/h2-7,9-13,15H,8,14,16,18-20H2,1H3. The van der Waals surface area contributed by atoms with Crippen molar-refractivity contribution in [2.75, 3.05) is 20.3 Å². The first-order valence-corrected chi connectivity index (χ1v) is 9.67. The molecule has 0 fully saturated rings. The molecule has 0 amide bonds. The number of aromatic nitrogens is 1. The lowest BCUT2D eigenvalue weighted by atomic mass is 10.1. The zero-order valence-corrected chi connectivity index (χ0v) is 16.4. The fourth-order valence-electron chi connectivity index (χ4n) is 3.41. The summed E-state index contributed by atoms with van der Waals surface area (Å²) in [6.07, 6.45) is 3.10. The minimum atomic E-state index is 0.738. The van der Waals surface area contributed by atoms with Gasteiger partial charge in [-0.1, -0.05) is 48.5 Å². The van der Waals surface area contributed by atoms with Crippen molar-refractivity contribution < 1.29 is 4.74 Å². The molecule has 3 rings (SSSR count). The average Bonchev–Trinajstić information content (AvgIpc) is 3.16. The van der Waals surface area contributed by atoms with Gasteiger partial charge in [-0.15, -0.1) is 0 Å². The lowest BCUT2D eigenvalue weighted by molar-refractivity contribution is 0.165. The van der Waals surface area contributed by atoms with E-state index in [2.05, 4.69) is 58.1 Å². The number of ether oxygens (including phenoxy) is 1. The molecule has 0 radical (unpaired) electrons. The summed E-state index contributed by atoms with van der Waals surface area (Å²) >= 11 is 0. The number of nitrogens with zero attached hydrogens (tertiary/aromatic N) is 3. The Morgan fingerprint density at radius 3 is 2.54 bits per heavy atom. The van der Waals surface area contributed by atoms with Crippen molar-refractivity contribution in [2.45, 2.75) is 26.1 Å². The van der Waals surface area contributed by atoms with Crippen LogP contribution in [0.2, 0.25) is 0 Å². The molecule has 4 heteroatoms. The molecule has 28 heavy (non-hydrogen) atoms. The van der Waals surface area contributed by atoms with Gasteiger partial charge in [-0.3, -0.25) is 4.90 Å². The van der Waals surface area contributed by atoms with Crippen molar-refractivity contribution in [3.8, 4) is 6.07 Å². The van der Waals surface area contributed by atoms with Crippen LogP contribution in [0.1, 0.15) is 28.8 Å². The summed E-state index contributed by atoms with van der Waals surface area (Å²) in [7, 11) is 1.74. The minimum Gasteiger partial charge on any atom is -0.385 e. The third-order valence-electron chi connectivity index (χ3n) is 4.86. The lowest BCUT2D eigenvalue weighted by Gasteiger charge is -2.24. The molecule has 1 aromatic heterocycles. The Morgan fingerprint density at radius 1 is 0.964 bits per heavy atom. The monoisotopic (exact) mass is 373 g/mol. The van der Waals surface area contributed by atoms with Gasteiger partial charge < -0.3 is 9.30 Å². The van der Waals surface area contributed by atoms with E-state index in [0.29, 0.717) is 0 Å². The van der Waals surface area contributed by atoms with E-state index in [1.807, 2.05) is 30.3 Å². The van der Waals surface area contributed by atoms with E-state index in [9.17, 15) is 5.26 Å². The minimum absolute atomic E-state index is 0.738. The topological polar surface area (TPSA) is 41.2 Å². The van der Waals surface area contributed by atoms with E-state index in [4.69, 9.17) is 4.74 Å². The van der Waals surface area contributed by atoms with E-state index in [1.54, 1.807) is 7.11 Å². The first kappa shape index (κ1) is 19.9. The fraction of sp³-hybridized carbons (Fsp3) is 0.292. The molecule has 2 aromatic carbocycles. The molecule has 0 atom stereocenters. The highest BCUT2D eigenvalue weighted by atomic mass is 16.5. The number of hydrogen-bond acceptors (Lipinski definition) is 3. The Balaban J connectivity index is 1.74. The molecule has 1 heterocycles. The van der Waals surface area contributed by atoms with Crippen LogP contribution in [-0.2, 0) is 24.4 Å². The molecular weight excluding hydrogens is 346 g/mol. The Kier molecular flexibility index (Phi) is 7.43. The summed E-state index contributed by atoms with van der Waals surface area (Å²) in [6, 6.07) is 25.0. The number of methoxy groups -OCH3 is 1. The first-order chi connectivity index (χ1) is 13.8. The largest absolute Gasteiger partial charge is 0.385 e. The molecular formula is C24H27N3O. The van der Waals surface area contributed by atoms with Crippen molar-refractivity contribution in [1.29, 1.82) is 5.26 Å². The van der Waals surface area contributed by atoms with Crippen molar-refractivity contribution in [3.63, 3.8) is 0 Å². The van der Waals surface area contributed by atoms with Crippen LogP contribution in [0.3, 0.4) is 0 Å². The first-order valence-electron chi connectivity index (χ1n) is 9.67. The maximum atomic E-state index is 9.42. The van der Waals surface area contributed by atoms with Crippen LogP contribution in [0.4, 0.5) is 0 Å². The Morgan fingerprint density at radius 2 is 1.75 bits per heavy atom. The van der Waals surface area contributed by atoms with E-state index in [0.717, 1.165) is 50.3 Å². The quantitative estimate of drug-likeness (QED) is 0.493. The summed E-state index contributed by atoms with van der Waals surface area (Å²) in [5.74, 6) is 0. The highest BCUT2D eigenvalue weighted by Crippen LogP contribution is 2.16. The third kappa shape index (κ3) is 5.56. The summed E-state index contributed by atoms with van der Waals surface area (Å²) in [5, 5.41) is 9.42. The molecule has 4 nitrogen and oxygen atoms in total. The predicted octanol–water partition coefficient (Wildman–Crippen LogP) is 4.45. The van der Waals surface area contributed by atoms with Crippen LogP contribution in [-0.4, -0.2) is 29.7 Å². The molecule has 144 valence electrons. The number of benzene rings is 2. The zero-order valence-electron chi connectivity index (χ0n) is 16.4. The van der Waals surface area contributed by atoms with Crippen molar-refractivity contribution >= 4 is 0 Å². The van der Waals surface area contributed by atoms with Gasteiger partial charge in [0.15, 0.2) is 0 Å². The second-order valence-electron chi connectivity index (χ2n) is 6.94. The summed E-state index contributed by atoms with van der Waals surface area (Å²) in [6.45, 7) is 4.11. The molecule has 0 unspecified atom stereocenters. The Bertz CT molecular complexity index is 895. The molecule has 0 spiro atoms. The highest BCUT2D eigenvalue weighted by molar-refractivity contribution is 5.37. The van der Waals surface area contributed by atoms with Gasteiger partial charge in [0, 0.05) is 51.8 Å². The average molecular weight is 374 g/mol. The maximum Gasteiger partial charge on any atom is 0.0995 e. The van der Waals surface area contributed by atoms with E-state index < -0.39 is 0 Å². The molecule has 0 saturated heterocycles. The van der Waals surface area contributed by atoms with Gasteiger partial charge in [-0.25, -0.2) is 0 Å². The molecule has 0 saturated carbocycles. The number of hydrogen-bond donors (Lipinski definition) is 0. The van der Waals surface area contributed by atoms with E-state index in [1.165, 1.54) is 11.3 Å². The van der Waals surface area contributed by atoms with Gasteiger partial charge in [0.05, 0.1) is 11.6 Å². The van der Waals surface area contributed by atoms with Gasteiger partial charge >= 0.3 is 0 Å². The van der Waals surface area contributed by atoms with Crippen molar-refractivity contribution in [1.82, 2.24) is 9.47 Å². The van der Waals surface area contributed by atoms with E-state index >= 15 is 0 Å². The summed E-state index contributed by atoms with van der Waals surface area (Å²) in [4.78, 5) is 2.39. The molecule has 0 aliphatic carbocycles. The zero-order chi connectivity index (χ0) is 19.6. The predicted molar refractivity (Wildman–Crippen MR) is 112 cm³/mol. The van der Waals surface area contributed by atoms with Gasteiger partial charge in [-0.05, 0) is 35.7 Å². The molecule has 0 N–H and O–H groups in total. The van der Waals surface area contributed by atoms with Crippen LogP contribution < -0.4 is 0 Å². The Hall–Kier alpha value is -2.87. The van der Waals surface area contributed by atoms with Gasteiger partial charge in [0.1, 0.15) is 0 Å². The van der Waals surface area contributed by atoms with Crippen LogP contribution >= 0.6 is 0 Å². The SMILES string of the molecule is COCCCN(Cc1ccccc1C#N)Cc1cccn1Cc1ccccc1. The van der Waals surface area contributed by atoms with Crippen LogP contribution in [0.5, 0.6) is 0 Å². The molecule has 0 aliphatic rings. The maximum absolute atomic E-state index is 9.42. The Labute approximate surface area is 167 Å². The van der Waals surface area contributed by atoms with E-state index in [-0.39, 0.29) is 0 Å². The van der Waals surface area contributed by atoms with Crippen LogP contribution in [0.15, 0.2) is 72.9 Å². The number of rotatable bonds is 10. The molecule has 3 aromatic rings. The van der Waals surface area contributed by atoms with Crippen molar-refractivity contribution in [3.05, 3.63) is 95.3 Å². The summed E-state index contributed by atoms with van der Waals surface area (Å²) < 4.78 is 7.54. The number of nitriles is 1. The second kappa shape index (κ2) is 10.5. The normalized spacial score (nSPS) is 10.9. The van der Waals surface area contributed by atoms with Gasteiger partial charge in [-0.2, -0.15) is 5.26 Å². The second-order valence-corrected chi connectivity index (χ2v) is 6.94. The van der Waals surface area contributed by atoms with Gasteiger partial charge in [0.25, 0.3) is 0 Å². The smallest absolute Gasteiger partial charge is 0.0995 e.